The smallest absolute Gasteiger partial charge is 0.125 e. The Morgan fingerprint density at radius 2 is 1.70 bits per heavy atom. The molecule has 2 aliphatic carbocycles. The van der Waals surface area contributed by atoms with Crippen LogP contribution in [0.5, 0.6) is 5.75 Å². The molecule has 0 radical (unpaired) electrons. The van der Waals surface area contributed by atoms with E-state index in [0.717, 1.165) is 12.2 Å². The minimum atomic E-state index is 0.404. The molecule has 110 valence electrons. The van der Waals surface area contributed by atoms with Crippen LogP contribution in [0.15, 0.2) is 12.1 Å². The highest BCUT2D eigenvalue weighted by Crippen LogP contribution is 2.56. The molecule has 0 saturated heterocycles. The predicted molar refractivity (Wildman–Crippen MR) is 87.9 cm³/mol. The van der Waals surface area contributed by atoms with Crippen LogP contribution < -0.4 is 4.74 Å². The van der Waals surface area contributed by atoms with Gasteiger partial charge in [-0.3, -0.25) is 0 Å². The third-order valence-corrected chi connectivity index (χ3v) is 6.89. The number of alkyl halides is 1. The molecule has 2 heteroatoms. The topological polar surface area (TPSA) is 9.23 Å². The van der Waals surface area contributed by atoms with Crippen LogP contribution in [0.4, 0.5) is 0 Å². The fourth-order valence-corrected chi connectivity index (χ4v) is 5.05. The molecule has 2 aliphatic rings. The lowest BCUT2D eigenvalue weighted by Gasteiger charge is -2.55. The van der Waals surface area contributed by atoms with Crippen molar-refractivity contribution in [1.29, 1.82) is 0 Å². The lowest BCUT2D eigenvalue weighted by Crippen LogP contribution is -2.58. The van der Waals surface area contributed by atoms with Crippen molar-refractivity contribution < 1.29 is 4.74 Å². The van der Waals surface area contributed by atoms with E-state index in [9.17, 15) is 0 Å². The quantitative estimate of drug-likeness (QED) is 0.650. The number of rotatable bonds is 2. The van der Waals surface area contributed by atoms with Gasteiger partial charge in [0.2, 0.25) is 0 Å². The summed E-state index contributed by atoms with van der Waals surface area (Å²) in [5.74, 6) is 1.14. The summed E-state index contributed by atoms with van der Waals surface area (Å²) in [7, 11) is 0. The summed E-state index contributed by atoms with van der Waals surface area (Å²) in [5, 5.41) is 0. The molecule has 1 spiro atoms. The van der Waals surface area contributed by atoms with Crippen LogP contribution >= 0.6 is 15.9 Å². The molecule has 3 rings (SSSR count). The Morgan fingerprint density at radius 1 is 1.05 bits per heavy atom. The van der Waals surface area contributed by atoms with Gasteiger partial charge in [0, 0.05) is 10.2 Å². The lowest BCUT2D eigenvalue weighted by atomic mass is 9.58. The van der Waals surface area contributed by atoms with Crippen molar-refractivity contribution in [1.82, 2.24) is 0 Å². The van der Waals surface area contributed by atoms with Crippen molar-refractivity contribution in [3.05, 3.63) is 28.8 Å². The van der Waals surface area contributed by atoms with Crippen LogP contribution in [0, 0.1) is 26.2 Å². The molecule has 0 N–H and O–H groups in total. The van der Waals surface area contributed by atoms with Crippen LogP contribution in [0.25, 0.3) is 0 Å². The lowest BCUT2D eigenvalue weighted by molar-refractivity contribution is -0.0607. The van der Waals surface area contributed by atoms with Crippen LogP contribution in [0.1, 0.15) is 55.2 Å². The van der Waals surface area contributed by atoms with Gasteiger partial charge in [-0.25, -0.2) is 0 Å². The predicted octanol–water partition coefficient (Wildman–Crippen LogP) is 5.48. The highest BCUT2D eigenvalue weighted by atomic mass is 79.9. The molecule has 0 amide bonds. The van der Waals surface area contributed by atoms with Gasteiger partial charge in [0.05, 0.1) is 0 Å². The normalized spacial score (nSPS) is 28.2. The zero-order valence-electron chi connectivity index (χ0n) is 12.8. The Morgan fingerprint density at radius 3 is 2.35 bits per heavy atom. The van der Waals surface area contributed by atoms with E-state index >= 15 is 0 Å². The molecule has 2 saturated carbocycles. The summed E-state index contributed by atoms with van der Waals surface area (Å²) < 4.78 is 6.53. The van der Waals surface area contributed by atoms with Gasteiger partial charge in [0.15, 0.2) is 0 Å². The molecule has 2 unspecified atom stereocenters. The first-order valence-electron chi connectivity index (χ1n) is 7.92. The molecular formula is C18H25BrO. The Hall–Kier alpha value is -0.500. The second-order valence-corrected chi connectivity index (χ2v) is 7.86. The van der Waals surface area contributed by atoms with Crippen LogP contribution in [0.3, 0.4) is 0 Å². The molecule has 2 atom stereocenters. The minimum absolute atomic E-state index is 0.404. The standard InChI is InChI=1S/C18H25BrO/c1-12-7-8-13(2)17(14(12)3)20-16-11-15(19)18(16)9-5-4-6-10-18/h7-8,15-16H,4-6,9-11H2,1-3H3. The summed E-state index contributed by atoms with van der Waals surface area (Å²) in [6.45, 7) is 6.53. The van der Waals surface area contributed by atoms with Gasteiger partial charge in [0.1, 0.15) is 11.9 Å². The van der Waals surface area contributed by atoms with Gasteiger partial charge < -0.3 is 4.74 Å². The van der Waals surface area contributed by atoms with Crippen molar-refractivity contribution >= 4 is 15.9 Å². The third kappa shape index (κ3) is 2.20. The molecule has 0 aromatic heterocycles. The van der Waals surface area contributed by atoms with E-state index in [0.29, 0.717) is 16.3 Å². The van der Waals surface area contributed by atoms with E-state index in [1.54, 1.807) is 0 Å². The van der Waals surface area contributed by atoms with Gasteiger partial charge >= 0.3 is 0 Å². The molecule has 2 fully saturated rings. The zero-order chi connectivity index (χ0) is 14.3. The van der Waals surface area contributed by atoms with E-state index in [1.165, 1.54) is 48.8 Å². The number of hydrogen-bond acceptors (Lipinski definition) is 1. The number of benzene rings is 1. The number of hydrogen-bond donors (Lipinski definition) is 0. The van der Waals surface area contributed by atoms with Crippen molar-refractivity contribution in [2.45, 2.75) is 70.2 Å². The average Bonchev–Trinajstić information content (AvgIpc) is 2.47. The summed E-state index contributed by atoms with van der Waals surface area (Å²) >= 11 is 3.90. The SMILES string of the molecule is Cc1ccc(C)c(OC2CC(Br)C23CCCCC3)c1C. The Balaban J connectivity index is 1.83. The fraction of sp³-hybridized carbons (Fsp3) is 0.667. The minimum Gasteiger partial charge on any atom is -0.489 e. The first-order valence-corrected chi connectivity index (χ1v) is 8.84. The van der Waals surface area contributed by atoms with Crippen molar-refractivity contribution in [2.24, 2.45) is 5.41 Å². The Labute approximate surface area is 131 Å². The molecule has 1 aromatic rings. The summed E-state index contributed by atoms with van der Waals surface area (Å²) in [6, 6.07) is 4.39. The van der Waals surface area contributed by atoms with E-state index < -0.39 is 0 Å². The van der Waals surface area contributed by atoms with Gasteiger partial charge in [0.25, 0.3) is 0 Å². The molecular weight excluding hydrogens is 312 g/mol. The maximum Gasteiger partial charge on any atom is 0.125 e. The van der Waals surface area contributed by atoms with Crippen molar-refractivity contribution in [3.8, 4) is 5.75 Å². The van der Waals surface area contributed by atoms with Crippen molar-refractivity contribution in [2.75, 3.05) is 0 Å². The average molecular weight is 337 g/mol. The maximum atomic E-state index is 6.53. The Kier molecular flexibility index (Phi) is 3.87. The van der Waals surface area contributed by atoms with E-state index in [2.05, 4.69) is 48.8 Å². The molecule has 0 aliphatic heterocycles. The largest absolute Gasteiger partial charge is 0.489 e. The van der Waals surface area contributed by atoms with Gasteiger partial charge in [-0.15, -0.1) is 0 Å². The van der Waals surface area contributed by atoms with Gasteiger partial charge in [-0.1, -0.05) is 47.3 Å². The highest BCUT2D eigenvalue weighted by molar-refractivity contribution is 9.09. The van der Waals surface area contributed by atoms with Gasteiger partial charge in [-0.05, 0) is 56.7 Å². The zero-order valence-corrected chi connectivity index (χ0v) is 14.4. The second kappa shape index (κ2) is 5.36. The summed E-state index contributed by atoms with van der Waals surface area (Å²) in [4.78, 5) is 0.658. The van der Waals surface area contributed by atoms with E-state index in [4.69, 9.17) is 4.74 Å². The molecule has 0 bridgehead atoms. The molecule has 0 heterocycles. The number of aryl methyl sites for hydroxylation is 2. The number of ether oxygens (including phenoxy) is 1. The first kappa shape index (κ1) is 14.4. The van der Waals surface area contributed by atoms with Crippen molar-refractivity contribution in [3.63, 3.8) is 0 Å². The first-order chi connectivity index (χ1) is 9.54. The van der Waals surface area contributed by atoms with Gasteiger partial charge in [-0.2, -0.15) is 0 Å². The molecule has 1 nitrogen and oxygen atoms in total. The second-order valence-electron chi connectivity index (χ2n) is 6.76. The van der Waals surface area contributed by atoms with Crippen LogP contribution in [0.2, 0.25) is 0 Å². The summed E-state index contributed by atoms with van der Waals surface area (Å²) in [6.07, 6.45) is 8.37. The van der Waals surface area contributed by atoms with Crippen LogP contribution in [-0.2, 0) is 0 Å². The molecule has 20 heavy (non-hydrogen) atoms. The Bertz CT molecular complexity index is 502. The fourth-order valence-electron chi connectivity index (χ4n) is 3.96. The van der Waals surface area contributed by atoms with E-state index in [1.807, 2.05) is 0 Å². The highest BCUT2D eigenvalue weighted by Gasteiger charge is 2.55. The van der Waals surface area contributed by atoms with E-state index in [-0.39, 0.29) is 0 Å². The maximum absolute atomic E-state index is 6.53. The molecule has 1 aromatic carbocycles. The number of halogens is 1. The third-order valence-electron chi connectivity index (χ3n) is 5.60. The summed E-state index contributed by atoms with van der Waals surface area (Å²) in [5.41, 5.74) is 4.32. The monoisotopic (exact) mass is 336 g/mol. The van der Waals surface area contributed by atoms with Crippen LogP contribution in [-0.4, -0.2) is 10.9 Å².